The molecule has 0 spiro atoms. The molecule has 76 heavy (non-hydrogen) atoms. The zero-order valence-electron chi connectivity index (χ0n) is 51.0. The molecular formula is C57H138N18O. The Kier molecular flexibility index (Phi) is 61.6. The van der Waals surface area contributed by atoms with Crippen LogP contribution >= 0.6 is 0 Å². The molecule has 19 nitrogen and oxygen atoms in total. The molecule has 0 amide bonds. The second-order valence-corrected chi connectivity index (χ2v) is 21.9. The molecule has 9 rings (SSSR count). The van der Waals surface area contributed by atoms with E-state index >= 15 is 0 Å². The molecule has 26 N–H and O–H groups in total. The third kappa shape index (κ3) is 48.0. The van der Waals surface area contributed by atoms with Gasteiger partial charge in [-0.3, -0.25) is 0 Å². The topological polar surface area (TPSA) is 343 Å². The van der Waals surface area contributed by atoms with E-state index in [0.717, 1.165) is 123 Å². The molecule has 3 unspecified atom stereocenters. The lowest BCUT2D eigenvalue weighted by Crippen LogP contribution is -2.41. The van der Waals surface area contributed by atoms with Crippen molar-refractivity contribution in [3.8, 4) is 0 Å². The standard InChI is InChI=1S/C8H17N.C7H17N3.2C7H15N.2C6H14N2.C6H13NO.2C5H12N2.3H3N/c1-2-6-9-7-4-3-5-8-9;8-3-6-10-4-1-7(9)2-5-10;2*1-2-8-6-4-3-5-7-8;7-5-6-1-3-8-4-2-6;7-5-6-3-1-2-4-8-6;1-2-6-5-7-3-4-8-6;6-5-1-3-7-4-2-5;6-5-3-1-2-4-7-5;;;/h2-8H2,1H3;7H,1-6,8-9H2;2*2-7H2,1H3;2*6,8H,1-5,7H2;6-7H,2-5H2,1H3;2*5,7H,1-4,6H2;3*1H3. The summed E-state index contributed by atoms with van der Waals surface area (Å²) >= 11 is 0. The summed E-state index contributed by atoms with van der Waals surface area (Å²) in [4.78, 5) is 9.99. The molecule has 0 radical (unpaired) electrons. The molecule has 3 atom stereocenters. The number of nitrogens with one attached hydrogen (secondary N) is 5. The van der Waals surface area contributed by atoms with Crippen LogP contribution in [0.3, 0.4) is 0 Å². The van der Waals surface area contributed by atoms with E-state index in [2.05, 4.69) is 73.9 Å². The molecule has 0 aromatic heterocycles. The Morgan fingerprint density at radius 3 is 1.20 bits per heavy atom. The average Bonchev–Trinajstić information content (AvgIpc) is 3.47. The first-order valence-electron chi connectivity index (χ1n) is 31.2. The second-order valence-electron chi connectivity index (χ2n) is 21.9. The summed E-state index contributed by atoms with van der Waals surface area (Å²) in [5.41, 5.74) is 33.2. The minimum absolute atomic E-state index is 0. The van der Waals surface area contributed by atoms with Crippen LogP contribution in [0, 0.1) is 5.92 Å². The minimum atomic E-state index is 0. The number of nitrogens with zero attached hydrogens (tertiary/aromatic N) is 4. The van der Waals surface area contributed by atoms with Gasteiger partial charge in [0.05, 0.1) is 18.9 Å². The quantitative estimate of drug-likeness (QED) is 0.146. The molecule has 9 aliphatic heterocycles. The molecular weight excluding hydrogens is 953 g/mol. The molecule has 0 aliphatic carbocycles. The summed E-state index contributed by atoms with van der Waals surface area (Å²) in [6.07, 6.45) is 31.0. The third-order valence-corrected chi connectivity index (χ3v) is 15.5. The van der Waals surface area contributed by atoms with Gasteiger partial charge in [0.25, 0.3) is 0 Å². The Morgan fingerprint density at radius 1 is 0.434 bits per heavy atom. The Bertz CT molecular complexity index is 946. The fourth-order valence-corrected chi connectivity index (χ4v) is 10.3. The maximum atomic E-state index is 5.74. The van der Waals surface area contributed by atoms with Crippen molar-refractivity contribution in [2.24, 2.45) is 40.3 Å². The molecule has 9 saturated heterocycles. The third-order valence-electron chi connectivity index (χ3n) is 15.5. The van der Waals surface area contributed by atoms with Gasteiger partial charge in [-0.05, 0) is 246 Å². The van der Waals surface area contributed by atoms with Gasteiger partial charge in [-0.1, -0.05) is 53.4 Å². The molecule has 9 aliphatic rings. The lowest BCUT2D eigenvalue weighted by molar-refractivity contribution is 0.0267. The Morgan fingerprint density at radius 2 is 0.908 bits per heavy atom. The van der Waals surface area contributed by atoms with Crippen molar-refractivity contribution in [3.63, 3.8) is 0 Å². The summed E-state index contributed by atoms with van der Waals surface area (Å²) in [6.45, 7) is 36.4. The van der Waals surface area contributed by atoms with Crippen molar-refractivity contribution in [3.05, 3.63) is 0 Å². The number of morpholine rings is 1. The molecule has 0 aromatic rings. The lowest BCUT2D eigenvalue weighted by atomic mass is 9.99. The zero-order chi connectivity index (χ0) is 53.3. The zero-order valence-corrected chi connectivity index (χ0v) is 51.0. The first kappa shape index (κ1) is 79.5. The summed E-state index contributed by atoms with van der Waals surface area (Å²) in [7, 11) is 0. The predicted octanol–water partition coefficient (Wildman–Crippen LogP) is 4.88. The van der Waals surface area contributed by atoms with Gasteiger partial charge in [0.1, 0.15) is 0 Å². The summed E-state index contributed by atoms with van der Waals surface area (Å²) in [5.74, 6) is 0.802. The van der Waals surface area contributed by atoms with E-state index in [9.17, 15) is 0 Å². The lowest BCUT2D eigenvalue weighted by Gasteiger charge is -2.29. The summed E-state index contributed by atoms with van der Waals surface area (Å²) < 4.78 is 5.36. The van der Waals surface area contributed by atoms with Crippen molar-refractivity contribution < 1.29 is 4.74 Å². The Hall–Kier alpha value is -0.760. The highest BCUT2D eigenvalue weighted by atomic mass is 16.5. The van der Waals surface area contributed by atoms with E-state index in [1.807, 2.05) is 0 Å². The Balaban J connectivity index is -0.000000786. The summed E-state index contributed by atoms with van der Waals surface area (Å²) in [5, 5.41) is 16.3. The first-order valence-corrected chi connectivity index (χ1v) is 31.2. The van der Waals surface area contributed by atoms with Crippen LogP contribution < -0.4 is 79.4 Å². The maximum absolute atomic E-state index is 5.74. The highest BCUT2D eigenvalue weighted by Gasteiger charge is 2.15. The first-order chi connectivity index (χ1) is 35.7. The van der Waals surface area contributed by atoms with Crippen LogP contribution in [0.4, 0.5) is 0 Å². The van der Waals surface area contributed by atoms with Crippen molar-refractivity contribution in [2.75, 3.05) is 157 Å². The van der Waals surface area contributed by atoms with Gasteiger partial charge in [0.2, 0.25) is 0 Å². The van der Waals surface area contributed by atoms with Crippen LogP contribution in [0.2, 0.25) is 0 Å². The van der Waals surface area contributed by atoms with Crippen LogP contribution in [-0.2, 0) is 4.74 Å². The molecule has 462 valence electrons. The number of hydrogen-bond donors (Lipinski definition) is 14. The number of ether oxygens (including phenoxy) is 1. The predicted molar refractivity (Wildman–Crippen MR) is 332 cm³/mol. The van der Waals surface area contributed by atoms with E-state index in [0.29, 0.717) is 24.2 Å². The average molecular weight is 1090 g/mol. The van der Waals surface area contributed by atoms with Crippen molar-refractivity contribution in [1.29, 1.82) is 0 Å². The molecule has 0 aromatic carbocycles. The number of hydrogen-bond acceptors (Lipinski definition) is 19. The fourth-order valence-electron chi connectivity index (χ4n) is 10.3. The number of likely N-dealkylation sites (tertiary alicyclic amines) is 4. The van der Waals surface area contributed by atoms with Gasteiger partial charge >= 0.3 is 0 Å². The van der Waals surface area contributed by atoms with E-state index in [-0.39, 0.29) is 24.6 Å². The maximum Gasteiger partial charge on any atom is 0.0697 e. The van der Waals surface area contributed by atoms with Crippen LogP contribution in [0.1, 0.15) is 175 Å². The second kappa shape index (κ2) is 58.9. The van der Waals surface area contributed by atoms with Gasteiger partial charge in [-0.25, -0.2) is 0 Å². The fraction of sp³-hybridized carbons (Fsp3) is 1.00. The van der Waals surface area contributed by atoms with Crippen LogP contribution in [0.5, 0.6) is 0 Å². The van der Waals surface area contributed by atoms with Gasteiger partial charge in [0.15, 0.2) is 0 Å². The van der Waals surface area contributed by atoms with Crippen LogP contribution in [-0.4, -0.2) is 207 Å². The molecule has 0 bridgehead atoms. The normalized spacial score (nSPS) is 24.9. The largest absolute Gasteiger partial charge is 0.376 e. The SMILES string of the molecule is CCC1CNCCO1.CCCN1CCCCC1.CCN1CCCCC1.CCN1CCCCC1.N.N.N.NC1CCCCN1.NC1CCNCC1.NCC1CCCCN1.NCC1CCNCC1.NCCN1CCC(N)CC1. The number of rotatable bonds is 9. The highest BCUT2D eigenvalue weighted by Crippen LogP contribution is 2.11. The monoisotopic (exact) mass is 1090 g/mol. The molecule has 19 heteroatoms. The van der Waals surface area contributed by atoms with E-state index in [1.54, 1.807) is 0 Å². The van der Waals surface area contributed by atoms with Gasteiger partial charge < -0.3 is 104 Å². The van der Waals surface area contributed by atoms with Gasteiger partial charge in [-0.2, -0.15) is 0 Å². The van der Waals surface area contributed by atoms with Crippen molar-refractivity contribution >= 4 is 0 Å². The van der Waals surface area contributed by atoms with Crippen LogP contribution in [0.25, 0.3) is 0 Å². The van der Waals surface area contributed by atoms with Crippen LogP contribution in [0.15, 0.2) is 0 Å². The summed E-state index contributed by atoms with van der Waals surface area (Å²) in [6, 6.07) is 1.53. The smallest absolute Gasteiger partial charge is 0.0697 e. The molecule has 9 heterocycles. The van der Waals surface area contributed by atoms with Crippen molar-refractivity contribution in [1.82, 2.24) is 64.6 Å². The highest BCUT2D eigenvalue weighted by molar-refractivity contribution is 4.75. The van der Waals surface area contributed by atoms with Gasteiger partial charge in [0, 0.05) is 50.8 Å². The van der Waals surface area contributed by atoms with E-state index < -0.39 is 0 Å². The van der Waals surface area contributed by atoms with Crippen molar-refractivity contribution in [2.45, 2.75) is 206 Å². The van der Waals surface area contributed by atoms with Gasteiger partial charge in [-0.15, -0.1) is 0 Å². The minimum Gasteiger partial charge on any atom is -0.376 e. The number of piperidine rings is 8. The Labute approximate surface area is 471 Å². The number of nitrogens with two attached hydrogens (primary N) is 6. The molecule has 9 fully saturated rings. The molecule has 0 saturated carbocycles. The van der Waals surface area contributed by atoms with E-state index in [1.165, 1.54) is 188 Å². The van der Waals surface area contributed by atoms with E-state index in [4.69, 9.17) is 39.1 Å².